The number of amides is 2. The zero-order valence-corrected chi connectivity index (χ0v) is 14.5. The first-order valence-corrected chi connectivity index (χ1v) is 8.86. The van der Waals surface area contributed by atoms with E-state index in [0.717, 1.165) is 6.07 Å². The summed E-state index contributed by atoms with van der Waals surface area (Å²) < 4.78 is 27.4. The zero-order chi connectivity index (χ0) is 18.7. The van der Waals surface area contributed by atoms with Crippen LogP contribution in [0.15, 0.2) is 18.2 Å². The molecule has 1 aromatic rings. The molecule has 2 heterocycles. The Hall–Kier alpha value is -2.06. The van der Waals surface area contributed by atoms with Crippen LogP contribution in [0.1, 0.15) is 24.8 Å². The molecule has 2 aliphatic heterocycles. The van der Waals surface area contributed by atoms with Crippen LogP contribution in [0.5, 0.6) is 0 Å². The second kappa shape index (κ2) is 8.09. The van der Waals surface area contributed by atoms with Gasteiger partial charge in [0.25, 0.3) is 0 Å². The van der Waals surface area contributed by atoms with Crippen LogP contribution in [0, 0.1) is 11.6 Å². The van der Waals surface area contributed by atoms with E-state index in [-0.39, 0.29) is 36.4 Å². The quantitative estimate of drug-likeness (QED) is 0.819. The lowest BCUT2D eigenvalue weighted by Crippen LogP contribution is -2.56. The summed E-state index contributed by atoms with van der Waals surface area (Å²) in [6, 6.07) is 3.24. The van der Waals surface area contributed by atoms with Crippen LogP contribution >= 0.6 is 0 Å². The number of aliphatic hydroxyl groups is 1. The number of aliphatic hydroxyl groups excluding tert-OH is 1. The van der Waals surface area contributed by atoms with Gasteiger partial charge in [0.05, 0.1) is 18.6 Å². The number of nitrogens with zero attached hydrogens (tertiary/aromatic N) is 2. The topological polar surface area (TPSA) is 72.9 Å². The van der Waals surface area contributed by atoms with Crippen LogP contribution in [0.3, 0.4) is 0 Å². The Kier molecular flexibility index (Phi) is 5.83. The largest absolute Gasteiger partial charge is 0.393 e. The maximum Gasteiger partial charge on any atom is 0.237 e. The Labute approximate surface area is 150 Å². The first kappa shape index (κ1) is 18.7. The Balaban J connectivity index is 1.69. The number of rotatable bonds is 4. The molecule has 2 aliphatic rings. The molecule has 26 heavy (non-hydrogen) atoms. The Bertz CT molecular complexity index is 678. The third-order valence-corrected chi connectivity index (χ3v) is 5.03. The van der Waals surface area contributed by atoms with Crippen LogP contribution in [-0.2, 0) is 16.1 Å². The standard InChI is InChI=1S/C18H23F2N3O3/c19-14-3-1-2-12(17(14)20)11-23-9-6-21-18(26)15(23)10-16(25)22-7-4-13(24)5-8-22/h1-3,13,15,24H,4-11H2,(H,21,26). The van der Waals surface area contributed by atoms with Crippen molar-refractivity contribution in [3.05, 3.63) is 35.4 Å². The van der Waals surface area contributed by atoms with Crippen LogP contribution < -0.4 is 5.32 Å². The Morgan fingerprint density at radius 1 is 1.23 bits per heavy atom. The second-order valence-electron chi connectivity index (χ2n) is 6.81. The summed E-state index contributed by atoms with van der Waals surface area (Å²) >= 11 is 0. The van der Waals surface area contributed by atoms with Crippen LogP contribution in [0.25, 0.3) is 0 Å². The van der Waals surface area contributed by atoms with Crippen LogP contribution in [0.4, 0.5) is 8.78 Å². The molecule has 1 unspecified atom stereocenters. The van der Waals surface area contributed by atoms with Gasteiger partial charge in [-0.15, -0.1) is 0 Å². The third-order valence-electron chi connectivity index (χ3n) is 5.03. The van der Waals surface area contributed by atoms with E-state index in [4.69, 9.17) is 0 Å². The van der Waals surface area contributed by atoms with Gasteiger partial charge in [-0.3, -0.25) is 14.5 Å². The fourth-order valence-electron chi connectivity index (χ4n) is 3.47. The van der Waals surface area contributed by atoms with E-state index >= 15 is 0 Å². The van der Waals surface area contributed by atoms with Gasteiger partial charge in [-0.25, -0.2) is 8.78 Å². The average molecular weight is 367 g/mol. The van der Waals surface area contributed by atoms with Crippen molar-refractivity contribution in [1.82, 2.24) is 15.1 Å². The molecule has 6 nitrogen and oxygen atoms in total. The van der Waals surface area contributed by atoms with Gasteiger partial charge in [0.2, 0.25) is 11.8 Å². The molecule has 8 heteroatoms. The van der Waals surface area contributed by atoms with Gasteiger partial charge >= 0.3 is 0 Å². The van der Waals surface area contributed by atoms with Crippen molar-refractivity contribution < 1.29 is 23.5 Å². The van der Waals surface area contributed by atoms with Gasteiger partial charge in [0, 0.05) is 38.3 Å². The van der Waals surface area contributed by atoms with Gasteiger partial charge in [-0.1, -0.05) is 12.1 Å². The molecule has 0 saturated carbocycles. The van der Waals surface area contributed by atoms with Crippen molar-refractivity contribution in [3.8, 4) is 0 Å². The number of likely N-dealkylation sites (tertiary alicyclic amines) is 1. The molecule has 1 aromatic carbocycles. The second-order valence-corrected chi connectivity index (χ2v) is 6.81. The predicted molar refractivity (Wildman–Crippen MR) is 90.0 cm³/mol. The van der Waals surface area contributed by atoms with Gasteiger partial charge in [0.15, 0.2) is 11.6 Å². The van der Waals surface area contributed by atoms with E-state index in [1.54, 1.807) is 9.80 Å². The van der Waals surface area contributed by atoms with Gasteiger partial charge in [-0.2, -0.15) is 0 Å². The molecular weight excluding hydrogens is 344 g/mol. The Morgan fingerprint density at radius 3 is 2.69 bits per heavy atom. The van der Waals surface area contributed by atoms with E-state index in [2.05, 4.69) is 5.32 Å². The highest BCUT2D eigenvalue weighted by atomic mass is 19.2. The van der Waals surface area contributed by atoms with Crippen molar-refractivity contribution in [2.24, 2.45) is 0 Å². The van der Waals surface area contributed by atoms with Gasteiger partial charge in [0.1, 0.15) is 0 Å². The van der Waals surface area contributed by atoms with Crippen molar-refractivity contribution in [2.75, 3.05) is 26.2 Å². The number of piperidine rings is 1. The van der Waals surface area contributed by atoms with Crippen molar-refractivity contribution in [3.63, 3.8) is 0 Å². The van der Waals surface area contributed by atoms with E-state index in [1.807, 2.05) is 0 Å². The van der Waals surface area contributed by atoms with Crippen molar-refractivity contribution in [1.29, 1.82) is 0 Å². The summed E-state index contributed by atoms with van der Waals surface area (Å²) in [5.74, 6) is -2.29. The first-order valence-electron chi connectivity index (χ1n) is 8.86. The van der Waals surface area contributed by atoms with E-state index in [9.17, 15) is 23.5 Å². The van der Waals surface area contributed by atoms with Crippen LogP contribution in [-0.4, -0.2) is 65.0 Å². The molecule has 2 amide bonds. The van der Waals surface area contributed by atoms with Crippen molar-refractivity contribution in [2.45, 2.75) is 38.0 Å². The monoisotopic (exact) mass is 367 g/mol. The number of nitrogens with one attached hydrogen (secondary N) is 1. The number of benzene rings is 1. The Morgan fingerprint density at radius 2 is 1.96 bits per heavy atom. The number of halogens is 2. The summed E-state index contributed by atoms with van der Waals surface area (Å²) in [6.45, 7) is 1.85. The third kappa shape index (κ3) is 4.19. The lowest BCUT2D eigenvalue weighted by atomic mass is 10.0. The highest BCUT2D eigenvalue weighted by Crippen LogP contribution is 2.19. The van der Waals surface area contributed by atoms with E-state index in [1.165, 1.54) is 12.1 Å². The molecule has 2 saturated heterocycles. The number of piperazine rings is 1. The fraction of sp³-hybridized carbons (Fsp3) is 0.556. The fourth-order valence-corrected chi connectivity index (χ4v) is 3.47. The lowest BCUT2D eigenvalue weighted by Gasteiger charge is -2.37. The summed E-state index contributed by atoms with van der Waals surface area (Å²) in [6.07, 6.45) is 0.657. The predicted octanol–water partition coefficient (Wildman–Crippen LogP) is 0.639. The SMILES string of the molecule is O=C1NCCN(Cc2cccc(F)c2F)C1CC(=O)N1CCC(O)CC1. The smallest absolute Gasteiger partial charge is 0.237 e. The summed E-state index contributed by atoms with van der Waals surface area (Å²) in [7, 11) is 0. The lowest BCUT2D eigenvalue weighted by molar-refractivity contribution is -0.140. The minimum Gasteiger partial charge on any atom is -0.393 e. The maximum absolute atomic E-state index is 14.0. The summed E-state index contributed by atoms with van der Waals surface area (Å²) in [5, 5.41) is 12.3. The highest BCUT2D eigenvalue weighted by molar-refractivity contribution is 5.88. The normalized spacial score (nSPS) is 22.3. The average Bonchev–Trinajstić information content (AvgIpc) is 2.62. The van der Waals surface area contributed by atoms with E-state index in [0.29, 0.717) is 39.0 Å². The number of hydrogen-bond donors (Lipinski definition) is 2. The minimum atomic E-state index is -0.927. The highest BCUT2D eigenvalue weighted by Gasteiger charge is 2.34. The molecule has 0 aliphatic carbocycles. The van der Waals surface area contributed by atoms with E-state index < -0.39 is 17.7 Å². The molecule has 0 bridgehead atoms. The molecular formula is C18H23F2N3O3. The van der Waals surface area contributed by atoms with Gasteiger partial charge < -0.3 is 15.3 Å². The van der Waals surface area contributed by atoms with Gasteiger partial charge in [-0.05, 0) is 18.9 Å². The minimum absolute atomic E-state index is 0.0150. The molecule has 2 fully saturated rings. The molecule has 0 spiro atoms. The number of carbonyl (C=O) groups is 2. The van der Waals surface area contributed by atoms with Crippen molar-refractivity contribution >= 4 is 11.8 Å². The zero-order valence-electron chi connectivity index (χ0n) is 14.5. The molecule has 0 aromatic heterocycles. The number of carbonyl (C=O) groups excluding carboxylic acids is 2. The summed E-state index contributed by atoms with van der Waals surface area (Å²) in [4.78, 5) is 28.2. The summed E-state index contributed by atoms with van der Waals surface area (Å²) in [5.41, 5.74) is 0.165. The molecule has 1 atom stereocenters. The molecule has 2 N–H and O–H groups in total. The molecule has 142 valence electrons. The number of hydrogen-bond acceptors (Lipinski definition) is 4. The van der Waals surface area contributed by atoms with Crippen LogP contribution in [0.2, 0.25) is 0 Å². The first-order chi connectivity index (χ1) is 12.5. The molecule has 0 radical (unpaired) electrons. The molecule has 3 rings (SSSR count). The maximum atomic E-state index is 14.0.